The van der Waals surface area contributed by atoms with Gasteiger partial charge in [-0.2, -0.15) is 0 Å². The molecule has 1 aliphatic heterocycles. The summed E-state index contributed by atoms with van der Waals surface area (Å²) in [6, 6.07) is 4.64. The third-order valence-electron chi connectivity index (χ3n) is 8.08. The SMILES string of the molecule is Cc1c(C(=O)N2CCN(C(=O)C34CC5CC(CC(C5)C3)C4)CC2)cccc1[N+](=O)[O-]. The number of rotatable bonds is 3. The van der Waals surface area contributed by atoms with Crippen LogP contribution < -0.4 is 0 Å². The first-order chi connectivity index (χ1) is 14.4. The molecule has 7 nitrogen and oxygen atoms in total. The maximum absolute atomic E-state index is 13.5. The van der Waals surface area contributed by atoms with E-state index in [1.807, 2.05) is 4.90 Å². The van der Waals surface area contributed by atoms with E-state index in [2.05, 4.69) is 0 Å². The van der Waals surface area contributed by atoms with E-state index in [4.69, 9.17) is 0 Å². The Labute approximate surface area is 176 Å². The van der Waals surface area contributed by atoms with Gasteiger partial charge in [0.1, 0.15) is 0 Å². The zero-order valence-electron chi connectivity index (χ0n) is 17.5. The van der Waals surface area contributed by atoms with Crippen molar-refractivity contribution in [2.45, 2.75) is 45.4 Å². The van der Waals surface area contributed by atoms with Crippen molar-refractivity contribution in [2.75, 3.05) is 26.2 Å². The van der Waals surface area contributed by atoms with Gasteiger partial charge in [0, 0.05) is 43.4 Å². The van der Waals surface area contributed by atoms with Gasteiger partial charge in [-0.3, -0.25) is 19.7 Å². The predicted molar refractivity (Wildman–Crippen MR) is 111 cm³/mol. The number of benzene rings is 1. The molecule has 0 radical (unpaired) electrons. The normalized spacial score (nSPS) is 32.4. The summed E-state index contributed by atoms with van der Waals surface area (Å²) in [6.07, 6.45) is 7.13. The second-order valence-electron chi connectivity index (χ2n) is 9.99. The fraction of sp³-hybridized carbons (Fsp3) is 0.652. The van der Waals surface area contributed by atoms with Crippen molar-refractivity contribution in [3.63, 3.8) is 0 Å². The van der Waals surface area contributed by atoms with Gasteiger partial charge in [0.2, 0.25) is 5.91 Å². The Bertz CT molecular complexity index is 868. The third kappa shape index (κ3) is 3.10. The minimum atomic E-state index is -0.450. The summed E-state index contributed by atoms with van der Waals surface area (Å²) >= 11 is 0. The molecule has 5 aliphatic rings. The zero-order chi connectivity index (χ0) is 21.0. The van der Waals surface area contributed by atoms with Gasteiger partial charge in [-0.05, 0) is 69.3 Å². The predicted octanol–water partition coefficient (Wildman–Crippen LogP) is 3.40. The smallest absolute Gasteiger partial charge is 0.273 e. The summed E-state index contributed by atoms with van der Waals surface area (Å²) in [6.45, 7) is 3.71. The Morgan fingerprint density at radius 3 is 2.03 bits per heavy atom. The third-order valence-corrected chi connectivity index (χ3v) is 8.08. The van der Waals surface area contributed by atoms with E-state index in [1.165, 1.54) is 25.3 Å². The molecule has 2 amide bonds. The molecule has 0 N–H and O–H groups in total. The van der Waals surface area contributed by atoms with Crippen molar-refractivity contribution in [3.8, 4) is 0 Å². The molecule has 1 aromatic carbocycles. The second kappa shape index (κ2) is 7.06. The maximum Gasteiger partial charge on any atom is 0.273 e. The first kappa shape index (κ1) is 19.5. The lowest BCUT2D eigenvalue weighted by Crippen LogP contribution is -2.58. The van der Waals surface area contributed by atoms with Crippen LogP contribution in [-0.4, -0.2) is 52.7 Å². The summed E-state index contributed by atoms with van der Waals surface area (Å²) in [5, 5.41) is 11.2. The summed E-state index contributed by atoms with van der Waals surface area (Å²) in [4.78, 5) is 41.0. The zero-order valence-corrected chi connectivity index (χ0v) is 17.5. The molecule has 5 fully saturated rings. The second-order valence-corrected chi connectivity index (χ2v) is 9.99. The highest BCUT2D eigenvalue weighted by molar-refractivity contribution is 5.96. The van der Waals surface area contributed by atoms with Crippen molar-refractivity contribution in [1.29, 1.82) is 0 Å². The van der Waals surface area contributed by atoms with Gasteiger partial charge >= 0.3 is 0 Å². The van der Waals surface area contributed by atoms with E-state index >= 15 is 0 Å². The molecule has 7 heteroatoms. The highest BCUT2D eigenvalue weighted by atomic mass is 16.6. The molecule has 4 aliphatic carbocycles. The monoisotopic (exact) mass is 411 g/mol. The van der Waals surface area contributed by atoms with Crippen LogP contribution in [0.1, 0.15) is 54.4 Å². The van der Waals surface area contributed by atoms with Crippen LogP contribution in [0.15, 0.2) is 18.2 Å². The molecule has 1 saturated heterocycles. The van der Waals surface area contributed by atoms with Crippen molar-refractivity contribution in [3.05, 3.63) is 39.4 Å². The largest absolute Gasteiger partial charge is 0.339 e. The van der Waals surface area contributed by atoms with E-state index < -0.39 is 4.92 Å². The number of nitro benzene ring substituents is 1. The number of nitro groups is 1. The highest BCUT2D eigenvalue weighted by Gasteiger charge is 2.55. The lowest BCUT2D eigenvalue weighted by molar-refractivity contribution is -0.385. The Kier molecular flexibility index (Phi) is 4.60. The molecular formula is C23H29N3O4. The van der Waals surface area contributed by atoms with Crippen LogP contribution in [0.25, 0.3) is 0 Å². The molecule has 160 valence electrons. The van der Waals surface area contributed by atoms with Crippen LogP contribution in [0, 0.1) is 40.2 Å². The molecule has 30 heavy (non-hydrogen) atoms. The van der Waals surface area contributed by atoms with Gasteiger partial charge in [-0.25, -0.2) is 0 Å². The van der Waals surface area contributed by atoms with E-state index in [-0.39, 0.29) is 17.0 Å². The number of hydrogen-bond acceptors (Lipinski definition) is 4. The summed E-state index contributed by atoms with van der Waals surface area (Å²) in [7, 11) is 0. The molecule has 6 rings (SSSR count). The van der Waals surface area contributed by atoms with Gasteiger partial charge in [-0.15, -0.1) is 0 Å². The lowest BCUT2D eigenvalue weighted by Gasteiger charge is -2.57. The number of nitrogens with zero attached hydrogens (tertiary/aromatic N) is 3. The highest BCUT2D eigenvalue weighted by Crippen LogP contribution is 2.60. The minimum absolute atomic E-state index is 0.0310. The fourth-order valence-electron chi connectivity index (χ4n) is 7.04. The molecule has 0 aromatic heterocycles. The number of amides is 2. The van der Waals surface area contributed by atoms with Gasteiger partial charge in [0.25, 0.3) is 11.6 Å². The number of hydrogen-bond donors (Lipinski definition) is 0. The van der Waals surface area contributed by atoms with Crippen molar-refractivity contribution in [2.24, 2.45) is 23.2 Å². The van der Waals surface area contributed by atoms with Crippen LogP contribution in [0.5, 0.6) is 0 Å². The topological polar surface area (TPSA) is 83.8 Å². The average molecular weight is 412 g/mol. The summed E-state index contributed by atoms with van der Waals surface area (Å²) in [5.41, 5.74) is 0.610. The Balaban J connectivity index is 1.26. The quantitative estimate of drug-likeness (QED) is 0.564. The Hall–Kier alpha value is -2.44. The van der Waals surface area contributed by atoms with Crippen LogP contribution in [0.4, 0.5) is 5.69 Å². The van der Waals surface area contributed by atoms with Crippen LogP contribution in [0.3, 0.4) is 0 Å². The molecule has 1 heterocycles. The molecule has 0 atom stereocenters. The number of piperazine rings is 1. The molecule has 0 spiro atoms. The number of carbonyl (C=O) groups is 2. The Morgan fingerprint density at radius 1 is 0.967 bits per heavy atom. The Morgan fingerprint density at radius 2 is 1.50 bits per heavy atom. The molecule has 0 unspecified atom stereocenters. The molecule has 4 saturated carbocycles. The maximum atomic E-state index is 13.5. The van der Waals surface area contributed by atoms with Crippen LogP contribution in [-0.2, 0) is 4.79 Å². The fourth-order valence-corrected chi connectivity index (χ4v) is 7.04. The van der Waals surface area contributed by atoms with E-state index in [9.17, 15) is 19.7 Å². The molecular weight excluding hydrogens is 382 g/mol. The van der Waals surface area contributed by atoms with Gasteiger partial charge in [0.15, 0.2) is 0 Å². The van der Waals surface area contributed by atoms with Crippen molar-refractivity contribution in [1.82, 2.24) is 9.80 Å². The first-order valence-electron chi connectivity index (χ1n) is 11.2. The van der Waals surface area contributed by atoms with Gasteiger partial charge < -0.3 is 9.80 Å². The summed E-state index contributed by atoms with van der Waals surface area (Å²) in [5.74, 6) is 2.35. The number of carbonyl (C=O) groups excluding carboxylic acids is 2. The first-order valence-corrected chi connectivity index (χ1v) is 11.2. The minimum Gasteiger partial charge on any atom is -0.339 e. The van der Waals surface area contributed by atoms with E-state index in [0.29, 0.717) is 43.2 Å². The molecule has 1 aromatic rings. The molecule has 4 bridgehead atoms. The average Bonchev–Trinajstić information content (AvgIpc) is 2.72. The van der Waals surface area contributed by atoms with E-state index in [1.54, 1.807) is 24.0 Å². The standard InChI is InChI=1S/C23H29N3O4/c1-15-19(3-2-4-20(15)26(29)30)21(27)24-5-7-25(8-6-24)22(28)23-12-16-9-17(13-23)11-18(10-16)14-23/h2-4,16-18H,5-14H2,1H3. The van der Waals surface area contributed by atoms with Crippen molar-refractivity contribution >= 4 is 17.5 Å². The van der Waals surface area contributed by atoms with Crippen molar-refractivity contribution < 1.29 is 14.5 Å². The van der Waals surface area contributed by atoms with Gasteiger partial charge in [-0.1, -0.05) is 6.07 Å². The van der Waals surface area contributed by atoms with E-state index in [0.717, 1.165) is 37.0 Å². The summed E-state index contributed by atoms with van der Waals surface area (Å²) < 4.78 is 0. The van der Waals surface area contributed by atoms with Crippen LogP contribution >= 0.6 is 0 Å². The van der Waals surface area contributed by atoms with Crippen LogP contribution in [0.2, 0.25) is 0 Å². The lowest BCUT2D eigenvalue weighted by atomic mass is 9.49. The van der Waals surface area contributed by atoms with Gasteiger partial charge in [0.05, 0.1) is 10.3 Å².